The molecule has 0 unspecified atom stereocenters. The Labute approximate surface area is 268 Å². The van der Waals surface area contributed by atoms with Crippen molar-refractivity contribution in [2.75, 3.05) is 0 Å². The average Bonchev–Trinajstić information content (AvgIpc) is 3.09. The lowest BCUT2D eigenvalue weighted by atomic mass is 9.80. The van der Waals surface area contributed by atoms with Crippen LogP contribution in [0, 0.1) is 11.8 Å². The Balaban J connectivity index is 1.22. The van der Waals surface area contributed by atoms with Gasteiger partial charge in [-0.1, -0.05) is 62.8 Å². The molecule has 0 saturated heterocycles. The topological polar surface area (TPSA) is 74.8 Å². The van der Waals surface area contributed by atoms with Crippen LogP contribution in [-0.2, 0) is 0 Å². The zero-order chi connectivity index (χ0) is 31.4. The summed E-state index contributed by atoms with van der Waals surface area (Å²) < 4.78 is 0. The van der Waals surface area contributed by atoms with Gasteiger partial charge in [0, 0.05) is 45.1 Å². The Morgan fingerprint density at radius 3 is 1.00 bits per heavy atom. The van der Waals surface area contributed by atoms with Crippen LogP contribution in [0.4, 0.5) is 0 Å². The van der Waals surface area contributed by atoms with Crippen molar-refractivity contribution in [3.05, 3.63) is 70.8 Å². The van der Waals surface area contributed by atoms with E-state index >= 15 is 0 Å². The van der Waals surface area contributed by atoms with Crippen LogP contribution in [0.3, 0.4) is 0 Å². The number of fused-ring (bicyclic) bond motifs is 2. The van der Waals surface area contributed by atoms with Crippen molar-refractivity contribution in [1.82, 2.24) is 9.80 Å². The Bertz CT molecular complexity index is 1880. The summed E-state index contributed by atoms with van der Waals surface area (Å²) in [5.74, 6) is -0.182. The molecule has 9 rings (SSSR count). The number of hydrogen-bond donors (Lipinski definition) is 0. The molecule has 0 N–H and O–H groups in total. The monoisotopic (exact) mass is 610 g/mol. The molecule has 2 aliphatic carbocycles. The van der Waals surface area contributed by atoms with Crippen LogP contribution in [0.2, 0.25) is 0 Å². The first-order valence-corrected chi connectivity index (χ1v) is 17.3. The molecule has 0 aromatic heterocycles. The first-order valence-electron chi connectivity index (χ1n) is 17.3. The average molecular weight is 611 g/mol. The lowest BCUT2D eigenvalue weighted by Gasteiger charge is -2.38. The molecule has 6 heteroatoms. The van der Waals surface area contributed by atoms with Gasteiger partial charge in [0.05, 0.1) is 0 Å². The number of rotatable bonds is 4. The minimum Gasteiger partial charge on any atom is -0.271 e. The Hall–Kier alpha value is -4.32. The van der Waals surface area contributed by atoms with E-state index in [1.807, 2.05) is 62.4 Å². The third-order valence-electron chi connectivity index (χ3n) is 12.2. The summed E-state index contributed by atoms with van der Waals surface area (Å²) in [5.41, 5.74) is 2.29. The van der Waals surface area contributed by atoms with Gasteiger partial charge in [-0.05, 0) is 108 Å². The number of nitrogens with zero attached hydrogens (tertiary/aromatic N) is 2. The molecule has 2 aliphatic heterocycles. The lowest BCUT2D eigenvalue weighted by molar-refractivity contribution is 0.0460. The fourth-order valence-corrected chi connectivity index (χ4v) is 9.70. The van der Waals surface area contributed by atoms with Gasteiger partial charge in [-0.2, -0.15) is 0 Å². The van der Waals surface area contributed by atoms with Crippen LogP contribution in [0.5, 0.6) is 0 Å². The Kier molecular flexibility index (Phi) is 6.13. The normalized spacial score (nSPS) is 21.0. The van der Waals surface area contributed by atoms with E-state index in [0.29, 0.717) is 34.1 Å². The van der Waals surface area contributed by atoms with Crippen molar-refractivity contribution in [3.63, 3.8) is 0 Å². The van der Waals surface area contributed by atoms with E-state index in [0.717, 1.165) is 94.5 Å². The number of amides is 4. The minimum absolute atomic E-state index is 0.150. The largest absolute Gasteiger partial charge is 0.271 e. The van der Waals surface area contributed by atoms with E-state index in [-0.39, 0.29) is 35.7 Å². The second-order valence-electron chi connectivity index (χ2n) is 14.4. The van der Waals surface area contributed by atoms with Crippen LogP contribution >= 0.6 is 0 Å². The van der Waals surface area contributed by atoms with Gasteiger partial charge >= 0.3 is 0 Å². The van der Waals surface area contributed by atoms with Crippen molar-refractivity contribution in [3.8, 4) is 0 Å². The molecule has 5 aromatic rings. The third-order valence-corrected chi connectivity index (χ3v) is 12.2. The lowest BCUT2D eigenvalue weighted by Crippen LogP contribution is -2.49. The molecule has 0 spiro atoms. The molecular formula is C40H38N2O4. The van der Waals surface area contributed by atoms with E-state index in [2.05, 4.69) is 0 Å². The molecule has 6 nitrogen and oxygen atoms in total. The van der Waals surface area contributed by atoms with E-state index in [9.17, 15) is 19.2 Å². The number of hydrogen-bond acceptors (Lipinski definition) is 4. The van der Waals surface area contributed by atoms with Crippen molar-refractivity contribution in [1.29, 1.82) is 0 Å². The van der Waals surface area contributed by atoms with E-state index in [1.165, 1.54) is 22.6 Å². The van der Waals surface area contributed by atoms with Gasteiger partial charge in [0.2, 0.25) is 0 Å². The molecule has 5 aromatic carbocycles. The summed E-state index contributed by atoms with van der Waals surface area (Å²) in [7, 11) is 0. The molecule has 4 aliphatic rings. The van der Waals surface area contributed by atoms with Crippen LogP contribution in [-0.4, -0.2) is 45.5 Å². The molecule has 46 heavy (non-hydrogen) atoms. The van der Waals surface area contributed by atoms with E-state index in [4.69, 9.17) is 0 Å². The van der Waals surface area contributed by atoms with Crippen LogP contribution in [0.15, 0.2) is 48.5 Å². The molecule has 2 saturated carbocycles. The van der Waals surface area contributed by atoms with Gasteiger partial charge in [-0.15, -0.1) is 0 Å². The fraction of sp³-hybridized carbons (Fsp3) is 0.400. The van der Waals surface area contributed by atoms with Crippen LogP contribution < -0.4 is 0 Å². The molecule has 232 valence electrons. The van der Waals surface area contributed by atoms with Crippen LogP contribution in [0.1, 0.15) is 119 Å². The van der Waals surface area contributed by atoms with Crippen molar-refractivity contribution in [2.24, 2.45) is 11.8 Å². The fourth-order valence-electron chi connectivity index (χ4n) is 9.70. The smallest absolute Gasteiger partial charge is 0.261 e. The summed E-state index contributed by atoms with van der Waals surface area (Å²) in [4.78, 5) is 59.4. The second kappa shape index (κ2) is 10.1. The number of benzene rings is 5. The summed E-state index contributed by atoms with van der Waals surface area (Å²) in [6, 6.07) is 15.2. The van der Waals surface area contributed by atoms with Gasteiger partial charge in [-0.3, -0.25) is 29.0 Å². The summed E-state index contributed by atoms with van der Waals surface area (Å²) in [5, 5.41) is 6.96. The van der Waals surface area contributed by atoms with E-state index < -0.39 is 0 Å². The molecule has 0 bridgehead atoms. The van der Waals surface area contributed by atoms with Gasteiger partial charge < -0.3 is 0 Å². The van der Waals surface area contributed by atoms with Gasteiger partial charge in [0.1, 0.15) is 0 Å². The van der Waals surface area contributed by atoms with E-state index in [1.54, 1.807) is 0 Å². The third kappa shape index (κ3) is 3.64. The summed E-state index contributed by atoms with van der Waals surface area (Å²) in [6.45, 7) is 4.07. The van der Waals surface area contributed by atoms with Crippen molar-refractivity contribution < 1.29 is 19.2 Å². The molecule has 2 fully saturated rings. The summed E-state index contributed by atoms with van der Waals surface area (Å²) in [6.07, 6.45) is 11.2. The maximum atomic E-state index is 14.1. The summed E-state index contributed by atoms with van der Waals surface area (Å²) >= 11 is 0. The number of carbonyl (C=O) groups excluding carboxylic acids is 4. The highest BCUT2D eigenvalue weighted by Crippen LogP contribution is 2.47. The maximum Gasteiger partial charge on any atom is 0.261 e. The van der Waals surface area contributed by atoms with Crippen molar-refractivity contribution in [2.45, 2.75) is 90.1 Å². The van der Waals surface area contributed by atoms with Crippen LogP contribution in [0.25, 0.3) is 43.1 Å². The Morgan fingerprint density at radius 1 is 0.435 bits per heavy atom. The zero-order valence-corrected chi connectivity index (χ0v) is 26.5. The first kappa shape index (κ1) is 27.9. The quantitative estimate of drug-likeness (QED) is 0.116. The first-order chi connectivity index (χ1) is 22.4. The predicted octanol–water partition coefficient (Wildman–Crippen LogP) is 8.87. The van der Waals surface area contributed by atoms with Gasteiger partial charge in [0.15, 0.2) is 0 Å². The number of carbonyl (C=O) groups is 4. The van der Waals surface area contributed by atoms with Gasteiger partial charge in [-0.25, -0.2) is 0 Å². The molecule has 0 radical (unpaired) electrons. The standard InChI is InChI=1S/C40H38N2O4/c1-21(23-9-5-3-6-10-23)41-37(43)29-17-13-25-27-15-19-31-36-32(40(46)42(39(31)45)22(2)24-11-7-4-8-12-24)20-16-28(34(27)36)26-14-18-30(38(41)44)35(29)33(25)26/h13-24H,3-12H2,1-2H3/t21-,22-/m0/s1. The molecular weight excluding hydrogens is 572 g/mol. The molecule has 4 amide bonds. The second-order valence-corrected chi connectivity index (χ2v) is 14.4. The number of imide groups is 2. The highest BCUT2D eigenvalue weighted by molar-refractivity contribution is 6.41. The van der Waals surface area contributed by atoms with Gasteiger partial charge in [0.25, 0.3) is 23.6 Å². The molecule has 2 atom stereocenters. The predicted molar refractivity (Wildman–Crippen MR) is 181 cm³/mol. The van der Waals surface area contributed by atoms with Crippen molar-refractivity contribution >= 4 is 66.7 Å². The Morgan fingerprint density at radius 2 is 0.717 bits per heavy atom. The maximum absolute atomic E-state index is 14.1. The minimum atomic E-state index is -0.210. The SMILES string of the molecule is C[C@@H](C1CCCCC1)N1C(=O)c2ccc3c4ccc5c6c(ccc(c7ccc(c2c37)C1=O)c64)C(=O)N([C@@H](C)C1CCCCC1)C5=O. The zero-order valence-electron chi connectivity index (χ0n) is 26.5. The highest BCUT2D eigenvalue weighted by atomic mass is 16.2. The highest BCUT2D eigenvalue weighted by Gasteiger charge is 2.42. The molecule has 2 heterocycles.